The van der Waals surface area contributed by atoms with E-state index >= 15 is 0 Å². The first kappa shape index (κ1) is 20.0. The Kier molecular flexibility index (Phi) is 14.4. The number of hydrogen-bond donors (Lipinski definition) is 0. The van der Waals surface area contributed by atoms with Gasteiger partial charge < -0.3 is 4.90 Å². The van der Waals surface area contributed by atoms with E-state index in [0.717, 1.165) is 0 Å². The van der Waals surface area contributed by atoms with E-state index in [4.69, 9.17) is 0 Å². The van der Waals surface area contributed by atoms with Crippen molar-refractivity contribution in [3.05, 3.63) is 0 Å². The fraction of sp³-hybridized carbons (Fsp3) is 1.00. The number of rotatable bonds is 0. The normalized spacial score (nSPS) is 24.4. The molecule has 0 amide bonds. The topological polar surface area (TPSA) is 3.24 Å². The van der Waals surface area contributed by atoms with Crippen molar-refractivity contribution in [2.45, 2.75) is 116 Å². The highest BCUT2D eigenvalue weighted by Crippen LogP contribution is 2.14. The third-order valence-electron chi connectivity index (χ3n) is 5.33. The molecule has 1 heterocycles. The van der Waals surface area contributed by atoms with Crippen LogP contribution in [-0.2, 0) is 0 Å². The van der Waals surface area contributed by atoms with E-state index in [1.54, 1.807) is 0 Å². The van der Waals surface area contributed by atoms with Crippen molar-refractivity contribution in [1.82, 2.24) is 4.90 Å². The van der Waals surface area contributed by atoms with Crippen LogP contribution in [0.4, 0.5) is 0 Å². The summed E-state index contributed by atoms with van der Waals surface area (Å²) in [6.07, 6.45) is 26.5. The second kappa shape index (κ2) is 15.8. The lowest BCUT2D eigenvalue weighted by Gasteiger charge is -2.16. The van der Waals surface area contributed by atoms with Gasteiger partial charge in [0.2, 0.25) is 0 Å². The van der Waals surface area contributed by atoms with Crippen LogP contribution in [0.3, 0.4) is 0 Å². The Morgan fingerprint density at radius 2 is 0.500 bits per heavy atom. The Labute approximate surface area is 141 Å². The van der Waals surface area contributed by atoms with Crippen LogP contribution < -0.4 is 0 Å². The molecule has 1 heteroatoms. The molecule has 0 unspecified atom stereocenters. The Hall–Kier alpha value is -0.0400. The average molecular weight is 310 g/mol. The highest BCUT2D eigenvalue weighted by molar-refractivity contribution is 4.55. The molecule has 1 fully saturated rings. The quantitative estimate of drug-likeness (QED) is 0.468. The lowest BCUT2D eigenvalue weighted by atomic mass is 10.0. The lowest BCUT2D eigenvalue weighted by Crippen LogP contribution is -2.20. The van der Waals surface area contributed by atoms with E-state index in [0.29, 0.717) is 0 Å². The van der Waals surface area contributed by atoms with Crippen molar-refractivity contribution in [3.63, 3.8) is 0 Å². The van der Waals surface area contributed by atoms with Crippen LogP contribution in [0.25, 0.3) is 0 Å². The maximum atomic E-state index is 2.56. The van der Waals surface area contributed by atoms with Gasteiger partial charge in [-0.3, -0.25) is 0 Å². The summed E-state index contributed by atoms with van der Waals surface area (Å²) in [4.78, 5) is 2.56. The summed E-state index contributed by atoms with van der Waals surface area (Å²) in [5.74, 6) is 0. The summed E-state index contributed by atoms with van der Waals surface area (Å²) >= 11 is 0. The van der Waals surface area contributed by atoms with Crippen LogP contribution in [0.15, 0.2) is 0 Å². The summed E-state index contributed by atoms with van der Waals surface area (Å²) in [5.41, 5.74) is 0. The van der Waals surface area contributed by atoms with Gasteiger partial charge in [-0.05, 0) is 33.0 Å². The zero-order valence-corrected chi connectivity index (χ0v) is 15.6. The summed E-state index contributed by atoms with van der Waals surface area (Å²) in [6, 6.07) is 0. The van der Waals surface area contributed by atoms with Crippen LogP contribution in [0.1, 0.15) is 116 Å². The van der Waals surface area contributed by atoms with Crippen molar-refractivity contribution in [3.8, 4) is 0 Å². The van der Waals surface area contributed by atoms with Crippen LogP contribution in [0.2, 0.25) is 0 Å². The largest absolute Gasteiger partial charge is 0.306 e. The van der Waals surface area contributed by atoms with Crippen molar-refractivity contribution < 1.29 is 0 Å². The molecule has 0 aromatic heterocycles. The van der Waals surface area contributed by atoms with Crippen LogP contribution in [-0.4, -0.2) is 25.0 Å². The minimum absolute atomic E-state index is 1.32. The molecule has 0 saturated carbocycles. The third-order valence-corrected chi connectivity index (χ3v) is 5.33. The Balaban J connectivity index is 2.08. The number of nitrogens with zero attached hydrogens (tertiary/aromatic N) is 1. The fourth-order valence-corrected chi connectivity index (χ4v) is 3.70. The second-order valence-electron chi connectivity index (χ2n) is 7.67. The predicted molar refractivity (Wildman–Crippen MR) is 101 cm³/mol. The van der Waals surface area contributed by atoms with Gasteiger partial charge in [0.25, 0.3) is 0 Å². The van der Waals surface area contributed by atoms with E-state index in [2.05, 4.69) is 11.9 Å². The van der Waals surface area contributed by atoms with Crippen molar-refractivity contribution in [2.75, 3.05) is 20.1 Å². The van der Waals surface area contributed by atoms with Gasteiger partial charge in [0.1, 0.15) is 0 Å². The molecule has 1 nitrogen and oxygen atoms in total. The molecule has 22 heavy (non-hydrogen) atoms. The molecule has 0 aromatic rings. The maximum Gasteiger partial charge on any atom is -0.00218 e. The molecule has 0 aliphatic carbocycles. The molecule has 0 aromatic carbocycles. The smallest absolute Gasteiger partial charge is 0.00218 e. The van der Waals surface area contributed by atoms with Gasteiger partial charge in [0, 0.05) is 0 Å². The second-order valence-corrected chi connectivity index (χ2v) is 7.67. The Morgan fingerprint density at radius 1 is 0.318 bits per heavy atom. The molecule has 1 aliphatic rings. The standard InChI is InChI=1S/C21H43N/c1-22-20-18-16-14-12-10-8-6-4-2-3-5-7-9-11-13-15-17-19-21-22/h2-21H2,1H3. The monoisotopic (exact) mass is 309 g/mol. The van der Waals surface area contributed by atoms with E-state index in [1.807, 2.05) is 0 Å². The summed E-state index contributed by atoms with van der Waals surface area (Å²) in [5, 5.41) is 0. The van der Waals surface area contributed by atoms with Crippen LogP contribution in [0.5, 0.6) is 0 Å². The molecule has 1 rings (SSSR count). The molecule has 0 radical (unpaired) electrons. The fourth-order valence-electron chi connectivity index (χ4n) is 3.70. The molecule has 1 aliphatic heterocycles. The SMILES string of the molecule is CN1CCCCCCCCCCCCCCCCCCCC1. The van der Waals surface area contributed by atoms with Gasteiger partial charge in [0.15, 0.2) is 0 Å². The van der Waals surface area contributed by atoms with E-state index in [9.17, 15) is 0 Å². The molecular weight excluding hydrogens is 266 g/mol. The summed E-state index contributed by atoms with van der Waals surface area (Å²) in [7, 11) is 2.31. The van der Waals surface area contributed by atoms with E-state index in [-0.39, 0.29) is 0 Å². The van der Waals surface area contributed by atoms with Crippen molar-refractivity contribution in [1.29, 1.82) is 0 Å². The van der Waals surface area contributed by atoms with Gasteiger partial charge in [-0.2, -0.15) is 0 Å². The van der Waals surface area contributed by atoms with Gasteiger partial charge in [-0.1, -0.05) is 103 Å². The molecule has 0 N–H and O–H groups in total. The molecule has 0 bridgehead atoms. The third kappa shape index (κ3) is 13.6. The first-order chi connectivity index (χ1) is 10.9. The summed E-state index contributed by atoms with van der Waals surface area (Å²) in [6.45, 7) is 2.64. The predicted octanol–water partition coefficient (Wildman–Crippen LogP) is 6.95. The van der Waals surface area contributed by atoms with Gasteiger partial charge in [-0.15, -0.1) is 0 Å². The highest BCUT2D eigenvalue weighted by atomic mass is 15.1. The van der Waals surface area contributed by atoms with Crippen molar-refractivity contribution in [2.24, 2.45) is 0 Å². The Morgan fingerprint density at radius 3 is 0.727 bits per heavy atom. The zero-order chi connectivity index (χ0) is 15.7. The first-order valence-electron chi connectivity index (χ1n) is 10.6. The zero-order valence-electron chi connectivity index (χ0n) is 15.6. The van der Waals surface area contributed by atoms with Gasteiger partial charge in [0.05, 0.1) is 0 Å². The molecule has 1 saturated heterocycles. The highest BCUT2D eigenvalue weighted by Gasteiger charge is 2.00. The average Bonchev–Trinajstić information content (AvgIpc) is 2.52. The molecular formula is C21H43N. The molecule has 132 valence electrons. The van der Waals surface area contributed by atoms with Crippen LogP contribution >= 0.6 is 0 Å². The molecule has 0 spiro atoms. The summed E-state index contributed by atoms with van der Waals surface area (Å²) < 4.78 is 0. The van der Waals surface area contributed by atoms with Crippen molar-refractivity contribution >= 4 is 0 Å². The first-order valence-corrected chi connectivity index (χ1v) is 10.6. The Bertz CT molecular complexity index is 192. The lowest BCUT2D eigenvalue weighted by molar-refractivity contribution is 0.314. The van der Waals surface area contributed by atoms with E-state index in [1.165, 1.54) is 129 Å². The van der Waals surface area contributed by atoms with E-state index < -0.39 is 0 Å². The van der Waals surface area contributed by atoms with Gasteiger partial charge in [-0.25, -0.2) is 0 Å². The maximum absolute atomic E-state index is 2.56. The van der Waals surface area contributed by atoms with Gasteiger partial charge >= 0.3 is 0 Å². The van der Waals surface area contributed by atoms with Crippen LogP contribution in [0, 0.1) is 0 Å². The molecule has 0 atom stereocenters. The number of hydrogen-bond acceptors (Lipinski definition) is 1. The minimum Gasteiger partial charge on any atom is -0.306 e. The minimum atomic E-state index is 1.32.